The maximum Gasteiger partial charge on any atom is 0.313 e. The molecule has 1 unspecified atom stereocenters. The lowest BCUT2D eigenvalue weighted by Crippen LogP contribution is -2.53. The van der Waals surface area contributed by atoms with Crippen LogP contribution in [0, 0.1) is 17.8 Å². The zero-order chi connectivity index (χ0) is 15.2. The van der Waals surface area contributed by atoms with Crippen LogP contribution in [0.4, 0.5) is 0 Å². The highest BCUT2D eigenvalue weighted by Gasteiger charge is 2.53. The normalized spacial score (nSPS) is 37.0. The van der Waals surface area contributed by atoms with Gasteiger partial charge in [0.2, 0.25) is 0 Å². The SMILES string of the molecule is CCC(C(=O)OC12CC3CC(CC(C3)C1)C2)c1ccccc1. The highest BCUT2D eigenvalue weighted by atomic mass is 16.6. The van der Waals surface area contributed by atoms with Gasteiger partial charge in [0.05, 0.1) is 5.92 Å². The van der Waals surface area contributed by atoms with Gasteiger partial charge >= 0.3 is 5.97 Å². The molecule has 0 aliphatic heterocycles. The molecule has 2 nitrogen and oxygen atoms in total. The lowest BCUT2D eigenvalue weighted by molar-refractivity contribution is -0.188. The minimum Gasteiger partial charge on any atom is -0.459 e. The molecule has 4 fully saturated rings. The van der Waals surface area contributed by atoms with Gasteiger partial charge in [-0.15, -0.1) is 0 Å². The Bertz CT molecular complexity index is 513. The van der Waals surface area contributed by atoms with Gasteiger partial charge in [-0.05, 0) is 68.3 Å². The zero-order valence-corrected chi connectivity index (χ0v) is 13.5. The summed E-state index contributed by atoms with van der Waals surface area (Å²) >= 11 is 0. The number of benzene rings is 1. The van der Waals surface area contributed by atoms with Crippen molar-refractivity contribution in [1.29, 1.82) is 0 Å². The topological polar surface area (TPSA) is 26.3 Å². The molecule has 0 radical (unpaired) electrons. The van der Waals surface area contributed by atoms with Crippen LogP contribution in [0.1, 0.15) is 63.4 Å². The first-order chi connectivity index (χ1) is 10.7. The Morgan fingerprint density at radius 1 is 1.09 bits per heavy atom. The van der Waals surface area contributed by atoms with Crippen molar-refractivity contribution < 1.29 is 9.53 Å². The second-order valence-corrected chi connectivity index (χ2v) is 7.89. The molecule has 4 bridgehead atoms. The summed E-state index contributed by atoms with van der Waals surface area (Å²) in [7, 11) is 0. The molecular weight excluding hydrogens is 272 g/mol. The zero-order valence-electron chi connectivity index (χ0n) is 13.5. The largest absolute Gasteiger partial charge is 0.459 e. The van der Waals surface area contributed by atoms with Crippen molar-refractivity contribution in [2.45, 2.75) is 63.4 Å². The van der Waals surface area contributed by atoms with Crippen LogP contribution in [0.25, 0.3) is 0 Å². The smallest absolute Gasteiger partial charge is 0.313 e. The number of hydrogen-bond acceptors (Lipinski definition) is 2. The third-order valence-corrected chi connectivity index (χ3v) is 6.19. The second-order valence-electron chi connectivity index (χ2n) is 7.89. The van der Waals surface area contributed by atoms with Crippen LogP contribution in [0.2, 0.25) is 0 Å². The Balaban J connectivity index is 1.52. The fraction of sp³-hybridized carbons (Fsp3) is 0.650. The monoisotopic (exact) mass is 298 g/mol. The van der Waals surface area contributed by atoms with E-state index in [4.69, 9.17) is 4.74 Å². The summed E-state index contributed by atoms with van der Waals surface area (Å²) < 4.78 is 6.22. The molecular formula is C20H26O2. The Hall–Kier alpha value is -1.31. The van der Waals surface area contributed by atoms with Crippen molar-refractivity contribution >= 4 is 5.97 Å². The van der Waals surface area contributed by atoms with Gasteiger partial charge in [0.15, 0.2) is 0 Å². The van der Waals surface area contributed by atoms with Crippen molar-refractivity contribution in [3.63, 3.8) is 0 Å². The Morgan fingerprint density at radius 2 is 1.64 bits per heavy atom. The molecule has 1 aromatic rings. The molecule has 1 atom stereocenters. The molecule has 0 N–H and O–H groups in total. The van der Waals surface area contributed by atoms with Gasteiger partial charge in [0.25, 0.3) is 0 Å². The van der Waals surface area contributed by atoms with Crippen molar-refractivity contribution in [3.8, 4) is 0 Å². The number of ether oxygens (including phenoxy) is 1. The van der Waals surface area contributed by atoms with Gasteiger partial charge in [-0.1, -0.05) is 37.3 Å². The molecule has 4 aliphatic rings. The van der Waals surface area contributed by atoms with Crippen molar-refractivity contribution in [1.82, 2.24) is 0 Å². The number of carbonyl (C=O) groups excluding carboxylic acids is 1. The van der Waals surface area contributed by atoms with Gasteiger partial charge in [0.1, 0.15) is 5.60 Å². The molecule has 22 heavy (non-hydrogen) atoms. The van der Waals surface area contributed by atoms with E-state index in [-0.39, 0.29) is 17.5 Å². The molecule has 1 aromatic carbocycles. The van der Waals surface area contributed by atoms with E-state index < -0.39 is 0 Å². The molecule has 0 aromatic heterocycles. The van der Waals surface area contributed by atoms with E-state index in [2.05, 4.69) is 19.1 Å². The van der Waals surface area contributed by atoms with E-state index in [9.17, 15) is 4.79 Å². The fourth-order valence-electron chi connectivity index (χ4n) is 5.66. The van der Waals surface area contributed by atoms with Crippen molar-refractivity contribution in [2.75, 3.05) is 0 Å². The molecule has 5 rings (SSSR count). The minimum atomic E-state index is -0.117. The molecule has 4 saturated carbocycles. The highest BCUT2D eigenvalue weighted by Crippen LogP contribution is 2.57. The van der Waals surface area contributed by atoms with E-state index in [1.165, 1.54) is 19.3 Å². The first-order valence-electron chi connectivity index (χ1n) is 8.95. The maximum atomic E-state index is 12.8. The summed E-state index contributed by atoms with van der Waals surface area (Å²) in [6.45, 7) is 2.08. The lowest BCUT2D eigenvalue weighted by Gasteiger charge is -2.55. The summed E-state index contributed by atoms with van der Waals surface area (Å²) in [5.41, 5.74) is 0.980. The minimum absolute atomic E-state index is 0.00986. The van der Waals surface area contributed by atoms with Gasteiger partial charge in [-0.2, -0.15) is 0 Å². The van der Waals surface area contributed by atoms with E-state index >= 15 is 0 Å². The van der Waals surface area contributed by atoms with Crippen LogP contribution >= 0.6 is 0 Å². The second kappa shape index (κ2) is 5.40. The number of hydrogen-bond donors (Lipinski definition) is 0. The fourth-order valence-corrected chi connectivity index (χ4v) is 5.66. The summed E-state index contributed by atoms with van der Waals surface area (Å²) in [5.74, 6) is 2.35. The van der Waals surface area contributed by atoms with Crippen LogP contribution in [0.15, 0.2) is 30.3 Å². The first-order valence-corrected chi connectivity index (χ1v) is 8.95. The molecule has 4 aliphatic carbocycles. The summed E-state index contributed by atoms with van der Waals surface area (Å²) in [6, 6.07) is 10.1. The highest BCUT2D eigenvalue weighted by molar-refractivity contribution is 5.78. The van der Waals surface area contributed by atoms with Gasteiger partial charge in [0, 0.05) is 0 Å². The van der Waals surface area contributed by atoms with Crippen LogP contribution in [-0.2, 0) is 9.53 Å². The molecule has 0 spiro atoms. The number of esters is 1. The van der Waals surface area contributed by atoms with E-state index in [1.54, 1.807) is 0 Å². The van der Waals surface area contributed by atoms with Crippen LogP contribution in [0.3, 0.4) is 0 Å². The van der Waals surface area contributed by atoms with Crippen LogP contribution in [0.5, 0.6) is 0 Å². The standard InChI is InChI=1S/C20H26O2/c1-2-18(17-6-4-3-5-7-17)19(21)22-20-11-14-8-15(12-20)10-16(9-14)13-20/h3-7,14-16,18H,2,8-13H2,1H3. The summed E-state index contributed by atoms with van der Waals surface area (Å²) in [6.07, 6.45) is 8.32. The summed E-state index contributed by atoms with van der Waals surface area (Å²) in [4.78, 5) is 12.8. The predicted molar refractivity (Wildman–Crippen MR) is 86.5 cm³/mol. The van der Waals surface area contributed by atoms with Gasteiger partial charge in [-0.25, -0.2) is 0 Å². The third kappa shape index (κ3) is 2.47. The van der Waals surface area contributed by atoms with Crippen molar-refractivity contribution in [2.24, 2.45) is 17.8 Å². The Labute approximate surface area is 133 Å². The molecule has 0 heterocycles. The third-order valence-electron chi connectivity index (χ3n) is 6.19. The average Bonchev–Trinajstić information content (AvgIpc) is 2.47. The van der Waals surface area contributed by atoms with Gasteiger partial charge in [-0.3, -0.25) is 4.79 Å². The molecule has 0 amide bonds. The summed E-state index contributed by atoms with van der Waals surface area (Å²) in [5, 5.41) is 0. The lowest BCUT2D eigenvalue weighted by atomic mass is 9.54. The van der Waals surface area contributed by atoms with E-state index in [0.717, 1.165) is 49.0 Å². The van der Waals surface area contributed by atoms with E-state index in [1.807, 2.05) is 18.2 Å². The maximum absolute atomic E-state index is 12.8. The predicted octanol–water partition coefficient (Wildman–Crippen LogP) is 4.69. The number of carbonyl (C=O) groups is 1. The molecule has 118 valence electrons. The molecule has 2 heteroatoms. The van der Waals surface area contributed by atoms with Crippen LogP contribution in [-0.4, -0.2) is 11.6 Å². The number of rotatable bonds is 4. The quantitative estimate of drug-likeness (QED) is 0.754. The van der Waals surface area contributed by atoms with E-state index in [0.29, 0.717) is 0 Å². The Kier molecular flexibility index (Phi) is 3.51. The first kappa shape index (κ1) is 14.3. The van der Waals surface area contributed by atoms with Crippen molar-refractivity contribution in [3.05, 3.63) is 35.9 Å². The van der Waals surface area contributed by atoms with Gasteiger partial charge < -0.3 is 4.74 Å². The molecule has 0 saturated heterocycles. The van der Waals surface area contributed by atoms with Crippen LogP contribution < -0.4 is 0 Å². The Morgan fingerprint density at radius 3 is 2.14 bits per heavy atom. The average molecular weight is 298 g/mol.